The van der Waals surface area contributed by atoms with E-state index in [9.17, 15) is 9.90 Å². The highest BCUT2D eigenvalue weighted by Gasteiger charge is 1.96. The normalized spacial score (nSPS) is 9.06. The van der Waals surface area contributed by atoms with Gasteiger partial charge in [0, 0.05) is 12.5 Å². The van der Waals surface area contributed by atoms with Gasteiger partial charge in [0.15, 0.2) is 0 Å². The molecule has 0 saturated heterocycles. The number of benzene rings is 1. The molecule has 0 bridgehead atoms. The van der Waals surface area contributed by atoms with Crippen molar-refractivity contribution in [2.24, 2.45) is 0 Å². The Labute approximate surface area is 95.5 Å². The fourth-order valence-corrected chi connectivity index (χ4v) is 1.13. The third kappa shape index (κ3) is 4.05. The van der Waals surface area contributed by atoms with Crippen molar-refractivity contribution in [2.75, 3.05) is 6.54 Å². The number of phenols is 1. The molecule has 0 fully saturated rings. The highest BCUT2D eigenvalue weighted by Crippen LogP contribution is 2.13. The molecule has 2 N–H and O–H groups in total. The molecule has 0 unspecified atom stereocenters. The van der Waals surface area contributed by atoms with Crippen molar-refractivity contribution < 1.29 is 9.90 Å². The van der Waals surface area contributed by atoms with Crippen LogP contribution in [0.15, 0.2) is 24.3 Å². The lowest BCUT2D eigenvalue weighted by Gasteiger charge is -1.97. The van der Waals surface area contributed by atoms with Crippen LogP contribution in [-0.4, -0.2) is 17.6 Å². The molecule has 0 aliphatic rings. The Balaban J connectivity index is 2.54. The van der Waals surface area contributed by atoms with E-state index in [1.54, 1.807) is 24.3 Å². The van der Waals surface area contributed by atoms with E-state index in [4.69, 9.17) is 0 Å². The average Bonchev–Trinajstić information content (AvgIpc) is 2.28. The lowest BCUT2D eigenvalue weighted by Crippen LogP contribution is -2.22. The molecule has 84 valence electrons. The maximum absolute atomic E-state index is 11.2. The van der Waals surface area contributed by atoms with Gasteiger partial charge in [-0.2, -0.15) is 0 Å². The first-order valence-corrected chi connectivity index (χ1v) is 5.32. The first kappa shape index (κ1) is 12.1. The summed E-state index contributed by atoms with van der Waals surface area (Å²) in [6.07, 6.45) is 1.98. The molecule has 1 aromatic carbocycles. The lowest BCUT2D eigenvalue weighted by atomic mass is 10.2. The molecule has 0 heterocycles. The summed E-state index contributed by atoms with van der Waals surface area (Å²) in [5.41, 5.74) is 0.466. The van der Waals surface area contributed by atoms with Crippen molar-refractivity contribution in [2.45, 2.75) is 19.8 Å². The van der Waals surface area contributed by atoms with Gasteiger partial charge in [0.05, 0.1) is 5.56 Å². The molecule has 1 amide bonds. The molecule has 3 heteroatoms. The first-order valence-electron chi connectivity index (χ1n) is 5.32. The number of amides is 1. The maximum atomic E-state index is 11.2. The Morgan fingerprint density at radius 2 is 2.19 bits per heavy atom. The van der Waals surface area contributed by atoms with Crippen molar-refractivity contribution in [3.8, 4) is 17.6 Å². The summed E-state index contributed by atoms with van der Waals surface area (Å²) in [4.78, 5) is 11.2. The van der Waals surface area contributed by atoms with Crippen LogP contribution in [0, 0.1) is 11.8 Å². The summed E-state index contributed by atoms with van der Waals surface area (Å²) in [5, 5.41) is 12.1. The highest BCUT2D eigenvalue weighted by molar-refractivity contribution is 5.94. The minimum Gasteiger partial charge on any atom is -0.507 e. The van der Waals surface area contributed by atoms with Gasteiger partial charge in [-0.3, -0.25) is 4.79 Å². The summed E-state index contributed by atoms with van der Waals surface area (Å²) in [7, 11) is 0. The molecule has 3 nitrogen and oxygen atoms in total. The third-order valence-corrected chi connectivity index (χ3v) is 2.03. The molecule has 0 aromatic heterocycles. The van der Waals surface area contributed by atoms with Crippen molar-refractivity contribution in [1.82, 2.24) is 5.32 Å². The Morgan fingerprint density at radius 3 is 2.88 bits per heavy atom. The van der Waals surface area contributed by atoms with Crippen LogP contribution < -0.4 is 5.32 Å². The van der Waals surface area contributed by atoms with E-state index in [-0.39, 0.29) is 11.7 Å². The minimum atomic E-state index is -0.309. The van der Waals surface area contributed by atoms with Gasteiger partial charge < -0.3 is 10.4 Å². The average molecular weight is 217 g/mol. The van der Waals surface area contributed by atoms with E-state index < -0.39 is 0 Å². The van der Waals surface area contributed by atoms with Crippen molar-refractivity contribution in [1.29, 1.82) is 0 Å². The number of carbonyl (C=O) groups excluding carboxylic acids is 1. The van der Waals surface area contributed by atoms with Crippen molar-refractivity contribution in [3.05, 3.63) is 29.8 Å². The van der Waals surface area contributed by atoms with E-state index in [0.29, 0.717) is 12.1 Å². The standard InChI is InChI=1S/C13H15NO2/c1-2-3-10-14-13(16)9-8-11-6-4-5-7-12(11)15/h4-7,15H,2-3,10H2,1H3,(H,14,16). The van der Waals surface area contributed by atoms with Gasteiger partial charge in [0.1, 0.15) is 5.75 Å². The smallest absolute Gasteiger partial charge is 0.296 e. The zero-order chi connectivity index (χ0) is 11.8. The van der Waals surface area contributed by atoms with Gasteiger partial charge in [-0.05, 0) is 18.6 Å². The Kier molecular flexibility index (Phi) is 4.94. The van der Waals surface area contributed by atoms with Gasteiger partial charge in [-0.15, -0.1) is 0 Å². The SMILES string of the molecule is CCCCNC(=O)C#Cc1ccccc1O. The van der Waals surface area contributed by atoms with Gasteiger partial charge in [-0.25, -0.2) is 0 Å². The zero-order valence-electron chi connectivity index (χ0n) is 9.29. The van der Waals surface area contributed by atoms with Crippen LogP contribution in [0.1, 0.15) is 25.3 Å². The second-order valence-electron chi connectivity index (χ2n) is 3.38. The summed E-state index contributed by atoms with van der Waals surface area (Å²) in [6.45, 7) is 2.70. The molecule has 0 aliphatic heterocycles. The molecule has 1 aromatic rings. The van der Waals surface area contributed by atoms with E-state index in [1.807, 2.05) is 0 Å². The van der Waals surface area contributed by atoms with E-state index >= 15 is 0 Å². The molecule has 0 radical (unpaired) electrons. The molecule has 16 heavy (non-hydrogen) atoms. The monoisotopic (exact) mass is 217 g/mol. The number of phenolic OH excluding ortho intramolecular Hbond substituents is 1. The van der Waals surface area contributed by atoms with Crippen LogP contribution in [0.4, 0.5) is 0 Å². The summed E-state index contributed by atoms with van der Waals surface area (Å²) in [6, 6.07) is 6.68. The van der Waals surface area contributed by atoms with Crippen LogP contribution in [0.25, 0.3) is 0 Å². The predicted molar refractivity (Wildman–Crippen MR) is 62.9 cm³/mol. The third-order valence-electron chi connectivity index (χ3n) is 2.03. The van der Waals surface area contributed by atoms with E-state index in [0.717, 1.165) is 12.8 Å². The molecular weight excluding hydrogens is 202 g/mol. The fraction of sp³-hybridized carbons (Fsp3) is 0.308. The number of rotatable bonds is 3. The fourth-order valence-electron chi connectivity index (χ4n) is 1.13. The van der Waals surface area contributed by atoms with E-state index in [2.05, 4.69) is 24.1 Å². The number of para-hydroxylation sites is 1. The van der Waals surface area contributed by atoms with Crippen molar-refractivity contribution in [3.63, 3.8) is 0 Å². The zero-order valence-corrected chi connectivity index (χ0v) is 9.29. The molecule has 0 aliphatic carbocycles. The second kappa shape index (κ2) is 6.52. The first-order chi connectivity index (χ1) is 7.74. The topological polar surface area (TPSA) is 49.3 Å². The van der Waals surface area contributed by atoms with Crippen LogP contribution in [0.5, 0.6) is 5.75 Å². The van der Waals surface area contributed by atoms with Crippen LogP contribution >= 0.6 is 0 Å². The number of unbranched alkanes of at least 4 members (excludes halogenated alkanes) is 1. The number of nitrogens with one attached hydrogen (secondary N) is 1. The van der Waals surface area contributed by atoms with Gasteiger partial charge in [0.2, 0.25) is 0 Å². The lowest BCUT2D eigenvalue weighted by molar-refractivity contribution is -0.115. The molecule has 0 atom stereocenters. The molecular formula is C13H15NO2. The van der Waals surface area contributed by atoms with Gasteiger partial charge in [0.25, 0.3) is 5.91 Å². The Morgan fingerprint density at radius 1 is 1.44 bits per heavy atom. The highest BCUT2D eigenvalue weighted by atomic mass is 16.3. The number of hydrogen-bond acceptors (Lipinski definition) is 2. The van der Waals surface area contributed by atoms with Gasteiger partial charge >= 0.3 is 0 Å². The summed E-state index contributed by atoms with van der Waals surface area (Å²) >= 11 is 0. The van der Waals surface area contributed by atoms with Crippen LogP contribution in [-0.2, 0) is 4.79 Å². The maximum Gasteiger partial charge on any atom is 0.296 e. The predicted octanol–water partition coefficient (Wildman–Crippen LogP) is 1.66. The summed E-state index contributed by atoms with van der Waals surface area (Å²) < 4.78 is 0. The van der Waals surface area contributed by atoms with Crippen LogP contribution in [0.3, 0.4) is 0 Å². The van der Waals surface area contributed by atoms with Crippen molar-refractivity contribution >= 4 is 5.91 Å². The second-order valence-corrected chi connectivity index (χ2v) is 3.38. The molecule has 0 saturated carbocycles. The van der Waals surface area contributed by atoms with Crippen LogP contribution in [0.2, 0.25) is 0 Å². The quantitative estimate of drug-likeness (QED) is 0.597. The Bertz CT molecular complexity index is 415. The Hall–Kier alpha value is -1.95. The van der Waals surface area contributed by atoms with E-state index in [1.165, 1.54) is 0 Å². The minimum absolute atomic E-state index is 0.0939. The number of hydrogen-bond donors (Lipinski definition) is 2. The molecule has 0 spiro atoms. The number of carbonyl (C=O) groups is 1. The largest absolute Gasteiger partial charge is 0.507 e. The molecule has 1 rings (SSSR count). The van der Waals surface area contributed by atoms with Gasteiger partial charge in [-0.1, -0.05) is 31.4 Å². The summed E-state index contributed by atoms with van der Waals surface area (Å²) in [5.74, 6) is 4.85. The number of aromatic hydroxyl groups is 1.